The van der Waals surface area contributed by atoms with Gasteiger partial charge in [0.05, 0.1) is 25.3 Å². The zero-order valence-electron chi connectivity index (χ0n) is 18.6. The van der Waals surface area contributed by atoms with E-state index in [4.69, 9.17) is 25.5 Å². The highest BCUT2D eigenvalue weighted by atomic mass is 35.5. The lowest BCUT2D eigenvalue weighted by Gasteiger charge is -2.36. The van der Waals surface area contributed by atoms with Crippen molar-refractivity contribution in [3.63, 3.8) is 0 Å². The van der Waals surface area contributed by atoms with Crippen molar-refractivity contribution in [1.82, 2.24) is 4.90 Å². The van der Waals surface area contributed by atoms with E-state index in [1.807, 2.05) is 18.2 Å². The van der Waals surface area contributed by atoms with E-state index in [1.54, 1.807) is 19.2 Å². The molecule has 3 aromatic rings. The SMILES string of the molecule is CCCN1CCC(c2c(OC)cc(OC)c3c(=O)cc(-c4ccccc4Cl)oc23)C(O)C1. The highest BCUT2D eigenvalue weighted by Gasteiger charge is 2.34. The number of aliphatic hydroxyl groups excluding tert-OH is 1. The molecule has 170 valence electrons. The fraction of sp³-hybridized carbons (Fsp3) is 0.400. The quantitative estimate of drug-likeness (QED) is 0.579. The van der Waals surface area contributed by atoms with E-state index in [-0.39, 0.29) is 11.3 Å². The summed E-state index contributed by atoms with van der Waals surface area (Å²) < 4.78 is 17.5. The van der Waals surface area contributed by atoms with Crippen molar-refractivity contribution in [3.05, 3.63) is 57.2 Å². The van der Waals surface area contributed by atoms with Crippen LogP contribution < -0.4 is 14.9 Å². The van der Waals surface area contributed by atoms with Gasteiger partial charge in [0.25, 0.3) is 0 Å². The fourth-order valence-electron chi connectivity index (χ4n) is 4.63. The Morgan fingerprint density at radius 3 is 2.59 bits per heavy atom. The molecule has 7 heteroatoms. The van der Waals surface area contributed by atoms with Gasteiger partial charge in [0.1, 0.15) is 28.2 Å². The van der Waals surface area contributed by atoms with Crippen molar-refractivity contribution in [2.75, 3.05) is 33.9 Å². The summed E-state index contributed by atoms with van der Waals surface area (Å²) in [6.45, 7) is 4.48. The van der Waals surface area contributed by atoms with Gasteiger partial charge in [-0.15, -0.1) is 0 Å². The Balaban J connectivity index is 1.95. The van der Waals surface area contributed by atoms with Gasteiger partial charge in [0.2, 0.25) is 0 Å². The molecule has 4 rings (SSSR count). The molecule has 1 saturated heterocycles. The fourth-order valence-corrected chi connectivity index (χ4v) is 4.85. The van der Waals surface area contributed by atoms with Gasteiger partial charge < -0.3 is 23.9 Å². The second-order valence-electron chi connectivity index (χ2n) is 8.12. The zero-order valence-corrected chi connectivity index (χ0v) is 19.3. The Morgan fingerprint density at radius 1 is 1.19 bits per heavy atom. The lowest BCUT2D eigenvalue weighted by Crippen LogP contribution is -2.43. The van der Waals surface area contributed by atoms with E-state index in [0.29, 0.717) is 50.9 Å². The Labute approximate surface area is 192 Å². The molecule has 1 aliphatic rings. The monoisotopic (exact) mass is 457 g/mol. The van der Waals surface area contributed by atoms with E-state index < -0.39 is 6.10 Å². The first-order valence-electron chi connectivity index (χ1n) is 10.9. The zero-order chi connectivity index (χ0) is 22.8. The molecule has 0 aliphatic carbocycles. The van der Waals surface area contributed by atoms with Gasteiger partial charge in [-0.2, -0.15) is 0 Å². The number of piperidine rings is 1. The number of nitrogens with zero attached hydrogens (tertiary/aromatic N) is 1. The molecule has 2 unspecified atom stereocenters. The topological polar surface area (TPSA) is 72.1 Å². The Kier molecular flexibility index (Phi) is 6.74. The average Bonchev–Trinajstić information content (AvgIpc) is 2.79. The highest BCUT2D eigenvalue weighted by Crippen LogP contribution is 2.43. The third-order valence-electron chi connectivity index (χ3n) is 6.12. The van der Waals surface area contributed by atoms with Crippen molar-refractivity contribution in [3.8, 4) is 22.8 Å². The van der Waals surface area contributed by atoms with Crippen LogP contribution in [0.2, 0.25) is 5.02 Å². The molecule has 2 atom stereocenters. The molecule has 32 heavy (non-hydrogen) atoms. The number of β-amino-alcohol motifs (C(OH)–C–C–N with tert-alkyl or cyclic N) is 1. The summed E-state index contributed by atoms with van der Waals surface area (Å²) in [6, 6.07) is 10.4. The summed E-state index contributed by atoms with van der Waals surface area (Å²) in [5.41, 5.74) is 1.45. The molecule has 1 N–H and O–H groups in total. The summed E-state index contributed by atoms with van der Waals surface area (Å²) in [5.74, 6) is 1.03. The third kappa shape index (κ3) is 4.10. The molecular formula is C25H28ClNO5. The number of ether oxygens (including phenoxy) is 2. The molecule has 2 aromatic carbocycles. The van der Waals surface area contributed by atoms with Crippen molar-refractivity contribution in [2.24, 2.45) is 0 Å². The van der Waals surface area contributed by atoms with Gasteiger partial charge in [0, 0.05) is 35.7 Å². The lowest BCUT2D eigenvalue weighted by atomic mass is 9.85. The minimum atomic E-state index is -0.616. The smallest absolute Gasteiger partial charge is 0.197 e. The predicted octanol–water partition coefficient (Wildman–Crippen LogP) is 4.69. The standard InChI is InChI=1S/C25H28ClNO5/c1-4-10-27-11-9-16(19(29)14-27)23-21(30-2)13-22(31-3)24-18(28)12-20(32-25(23)24)15-7-5-6-8-17(15)26/h5-8,12-13,16,19,29H,4,9-11,14H2,1-3H3. The van der Waals surface area contributed by atoms with Crippen molar-refractivity contribution in [2.45, 2.75) is 31.8 Å². The van der Waals surface area contributed by atoms with Crippen LogP contribution in [0, 0.1) is 0 Å². The van der Waals surface area contributed by atoms with Gasteiger partial charge in [-0.25, -0.2) is 0 Å². The van der Waals surface area contributed by atoms with E-state index in [2.05, 4.69) is 11.8 Å². The van der Waals surface area contributed by atoms with Crippen LogP contribution >= 0.6 is 11.6 Å². The first-order valence-corrected chi connectivity index (χ1v) is 11.2. The molecular weight excluding hydrogens is 430 g/mol. The van der Waals surface area contributed by atoms with Crippen LogP contribution in [0.1, 0.15) is 31.2 Å². The molecule has 2 heterocycles. The molecule has 0 amide bonds. The van der Waals surface area contributed by atoms with Crippen molar-refractivity contribution in [1.29, 1.82) is 0 Å². The van der Waals surface area contributed by atoms with Gasteiger partial charge in [-0.3, -0.25) is 4.79 Å². The largest absolute Gasteiger partial charge is 0.496 e. The van der Waals surface area contributed by atoms with Crippen LogP contribution in [0.5, 0.6) is 11.5 Å². The third-order valence-corrected chi connectivity index (χ3v) is 6.45. The van der Waals surface area contributed by atoms with E-state index in [9.17, 15) is 9.90 Å². The molecule has 0 spiro atoms. The number of hydrogen-bond donors (Lipinski definition) is 1. The molecule has 1 aromatic heterocycles. The first-order chi connectivity index (χ1) is 15.5. The van der Waals surface area contributed by atoms with Crippen molar-refractivity contribution >= 4 is 22.6 Å². The van der Waals surface area contributed by atoms with Crippen LogP contribution in [0.4, 0.5) is 0 Å². The van der Waals surface area contributed by atoms with Gasteiger partial charge >= 0.3 is 0 Å². The number of hydrogen-bond acceptors (Lipinski definition) is 6. The van der Waals surface area contributed by atoms with Gasteiger partial charge in [-0.05, 0) is 38.1 Å². The van der Waals surface area contributed by atoms with Gasteiger partial charge in [0.15, 0.2) is 5.43 Å². The average molecular weight is 458 g/mol. The number of fused-ring (bicyclic) bond motifs is 1. The van der Waals surface area contributed by atoms with Crippen molar-refractivity contribution < 1.29 is 19.0 Å². The molecule has 1 aliphatic heterocycles. The van der Waals surface area contributed by atoms with E-state index >= 15 is 0 Å². The Morgan fingerprint density at radius 2 is 1.94 bits per heavy atom. The van der Waals surface area contributed by atoms with E-state index in [0.717, 1.165) is 25.9 Å². The molecule has 0 radical (unpaired) electrons. The predicted molar refractivity (Wildman–Crippen MR) is 126 cm³/mol. The summed E-state index contributed by atoms with van der Waals surface area (Å²) in [6.07, 6.45) is 1.14. The van der Waals surface area contributed by atoms with Crippen LogP contribution in [-0.2, 0) is 0 Å². The van der Waals surface area contributed by atoms with Crippen LogP contribution in [-0.4, -0.2) is 50.0 Å². The number of methoxy groups -OCH3 is 2. The number of rotatable bonds is 6. The minimum absolute atomic E-state index is 0.236. The van der Waals surface area contributed by atoms with Crippen LogP contribution in [0.25, 0.3) is 22.3 Å². The Bertz CT molecular complexity index is 1170. The number of benzene rings is 2. The molecule has 0 bridgehead atoms. The second-order valence-corrected chi connectivity index (χ2v) is 8.52. The molecule has 6 nitrogen and oxygen atoms in total. The molecule has 1 fully saturated rings. The molecule has 0 saturated carbocycles. The Hall–Kier alpha value is -2.54. The van der Waals surface area contributed by atoms with Gasteiger partial charge in [-0.1, -0.05) is 30.7 Å². The maximum absolute atomic E-state index is 13.2. The highest BCUT2D eigenvalue weighted by molar-refractivity contribution is 6.33. The van der Waals surface area contributed by atoms with E-state index in [1.165, 1.54) is 13.2 Å². The number of aliphatic hydroxyl groups is 1. The summed E-state index contributed by atoms with van der Waals surface area (Å²) in [5, 5.41) is 11.9. The number of likely N-dealkylation sites (tertiary alicyclic amines) is 1. The summed E-state index contributed by atoms with van der Waals surface area (Å²) >= 11 is 6.38. The lowest BCUT2D eigenvalue weighted by molar-refractivity contribution is 0.0508. The number of halogens is 1. The maximum atomic E-state index is 13.2. The summed E-state index contributed by atoms with van der Waals surface area (Å²) in [7, 11) is 3.08. The normalized spacial score (nSPS) is 19.3. The summed E-state index contributed by atoms with van der Waals surface area (Å²) in [4.78, 5) is 15.5. The van der Waals surface area contributed by atoms with Crippen LogP contribution in [0.3, 0.4) is 0 Å². The second kappa shape index (κ2) is 9.53. The minimum Gasteiger partial charge on any atom is -0.496 e. The van der Waals surface area contributed by atoms with Crippen LogP contribution in [0.15, 0.2) is 45.6 Å². The maximum Gasteiger partial charge on any atom is 0.197 e. The first kappa shape index (κ1) is 22.6.